The van der Waals surface area contributed by atoms with E-state index in [9.17, 15) is 17.9 Å². The van der Waals surface area contributed by atoms with Gasteiger partial charge >= 0.3 is 0 Å². The number of hydrogen-bond acceptors (Lipinski definition) is 3. The van der Waals surface area contributed by atoms with Crippen molar-refractivity contribution in [2.75, 3.05) is 6.54 Å². The molecular formula is C9H13FN2O3S. The summed E-state index contributed by atoms with van der Waals surface area (Å²) in [6, 6.07) is 5.77. The molecule has 0 heterocycles. The fraction of sp³-hybridized carbons (Fsp3) is 0.333. The number of nitrogens with two attached hydrogens (primary N) is 1. The average Bonchev–Trinajstić information content (AvgIpc) is 2.16. The molecule has 0 radical (unpaired) electrons. The standard InChI is InChI=1S/C9H13FN2O3S/c10-8-4-2-1-3-7(8)9(13)5-6-12-16(11,14)15/h1-4,9,12-13H,5-6H2,(H2,11,14,15). The van der Waals surface area contributed by atoms with Crippen molar-refractivity contribution in [3.8, 4) is 0 Å². The predicted octanol–water partition coefficient (Wildman–Crippen LogP) is 0.0423. The maximum absolute atomic E-state index is 13.2. The van der Waals surface area contributed by atoms with Gasteiger partial charge in [-0.1, -0.05) is 18.2 Å². The van der Waals surface area contributed by atoms with Crippen LogP contribution in [-0.2, 0) is 10.2 Å². The smallest absolute Gasteiger partial charge is 0.274 e. The van der Waals surface area contributed by atoms with Crippen LogP contribution in [0.4, 0.5) is 4.39 Å². The van der Waals surface area contributed by atoms with Crippen LogP contribution >= 0.6 is 0 Å². The van der Waals surface area contributed by atoms with Gasteiger partial charge in [0, 0.05) is 12.1 Å². The molecule has 0 spiro atoms. The lowest BCUT2D eigenvalue weighted by Gasteiger charge is -2.11. The molecule has 0 amide bonds. The van der Waals surface area contributed by atoms with Gasteiger partial charge in [0.25, 0.3) is 10.2 Å². The highest BCUT2D eigenvalue weighted by Crippen LogP contribution is 2.18. The SMILES string of the molecule is NS(=O)(=O)NCCC(O)c1ccccc1F. The van der Waals surface area contributed by atoms with Crippen LogP contribution in [0, 0.1) is 5.82 Å². The summed E-state index contributed by atoms with van der Waals surface area (Å²) < 4.78 is 36.2. The topological polar surface area (TPSA) is 92.4 Å². The third-order valence-electron chi connectivity index (χ3n) is 1.99. The Kier molecular flexibility index (Phi) is 4.36. The first-order valence-electron chi connectivity index (χ1n) is 4.60. The molecule has 5 nitrogen and oxygen atoms in total. The van der Waals surface area contributed by atoms with E-state index < -0.39 is 22.1 Å². The lowest BCUT2D eigenvalue weighted by molar-refractivity contribution is 0.164. The Morgan fingerprint density at radius 1 is 1.44 bits per heavy atom. The molecule has 0 saturated heterocycles. The number of benzene rings is 1. The van der Waals surface area contributed by atoms with Crippen molar-refractivity contribution in [1.82, 2.24) is 4.72 Å². The van der Waals surface area contributed by atoms with E-state index >= 15 is 0 Å². The van der Waals surface area contributed by atoms with Crippen molar-refractivity contribution in [1.29, 1.82) is 0 Å². The first-order chi connectivity index (χ1) is 7.40. The monoisotopic (exact) mass is 248 g/mol. The van der Waals surface area contributed by atoms with Crippen molar-refractivity contribution >= 4 is 10.2 Å². The summed E-state index contributed by atoms with van der Waals surface area (Å²) in [5.74, 6) is -0.523. The zero-order chi connectivity index (χ0) is 12.2. The lowest BCUT2D eigenvalue weighted by Crippen LogP contribution is -2.32. The second-order valence-electron chi connectivity index (χ2n) is 3.27. The second-order valence-corrected chi connectivity index (χ2v) is 4.64. The largest absolute Gasteiger partial charge is 0.388 e. The summed E-state index contributed by atoms with van der Waals surface area (Å²) in [6.07, 6.45) is -1.01. The van der Waals surface area contributed by atoms with E-state index in [0.29, 0.717) is 0 Å². The van der Waals surface area contributed by atoms with E-state index in [-0.39, 0.29) is 18.5 Å². The Morgan fingerprint density at radius 2 is 2.06 bits per heavy atom. The molecular weight excluding hydrogens is 235 g/mol. The Hall–Kier alpha value is -1.02. The molecule has 90 valence electrons. The highest BCUT2D eigenvalue weighted by molar-refractivity contribution is 7.87. The van der Waals surface area contributed by atoms with Gasteiger partial charge in [-0.15, -0.1) is 0 Å². The average molecular weight is 248 g/mol. The first-order valence-corrected chi connectivity index (χ1v) is 6.14. The number of nitrogens with one attached hydrogen (secondary N) is 1. The number of aliphatic hydroxyl groups is 1. The van der Waals surface area contributed by atoms with E-state index in [4.69, 9.17) is 5.14 Å². The summed E-state index contributed by atoms with van der Waals surface area (Å²) >= 11 is 0. The molecule has 0 fully saturated rings. The van der Waals surface area contributed by atoms with Gasteiger partial charge in [-0.25, -0.2) is 14.3 Å². The van der Waals surface area contributed by atoms with Crippen LogP contribution in [0.3, 0.4) is 0 Å². The van der Waals surface area contributed by atoms with Crippen LogP contribution < -0.4 is 9.86 Å². The molecule has 0 aliphatic carbocycles. The van der Waals surface area contributed by atoms with Gasteiger partial charge < -0.3 is 5.11 Å². The van der Waals surface area contributed by atoms with Crippen LogP contribution in [0.25, 0.3) is 0 Å². The van der Waals surface area contributed by atoms with Gasteiger partial charge in [0.15, 0.2) is 0 Å². The number of halogens is 1. The Balaban J connectivity index is 2.54. The van der Waals surface area contributed by atoms with E-state index in [0.717, 1.165) is 0 Å². The molecule has 7 heteroatoms. The fourth-order valence-electron chi connectivity index (χ4n) is 1.24. The first kappa shape index (κ1) is 13.0. The van der Waals surface area contributed by atoms with Crippen molar-refractivity contribution in [2.45, 2.75) is 12.5 Å². The van der Waals surface area contributed by atoms with Gasteiger partial charge in [0.05, 0.1) is 6.10 Å². The second kappa shape index (κ2) is 5.35. The van der Waals surface area contributed by atoms with Crippen LogP contribution in [0.2, 0.25) is 0 Å². The molecule has 0 saturated carbocycles. The molecule has 0 bridgehead atoms. The molecule has 1 aromatic rings. The van der Waals surface area contributed by atoms with Gasteiger partial charge in [0.2, 0.25) is 0 Å². The van der Waals surface area contributed by atoms with Crippen molar-refractivity contribution in [2.24, 2.45) is 5.14 Å². The van der Waals surface area contributed by atoms with Crippen LogP contribution in [0.15, 0.2) is 24.3 Å². The van der Waals surface area contributed by atoms with Crippen molar-refractivity contribution in [3.63, 3.8) is 0 Å². The van der Waals surface area contributed by atoms with Crippen molar-refractivity contribution in [3.05, 3.63) is 35.6 Å². The molecule has 16 heavy (non-hydrogen) atoms. The van der Waals surface area contributed by atoms with E-state index in [2.05, 4.69) is 0 Å². The predicted molar refractivity (Wildman–Crippen MR) is 57.1 cm³/mol. The zero-order valence-electron chi connectivity index (χ0n) is 8.43. The molecule has 1 unspecified atom stereocenters. The molecule has 4 N–H and O–H groups in total. The summed E-state index contributed by atoms with van der Waals surface area (Å²) in [7, 11) is -3.77. The van der Waals surface area contributed by atoms with E-state index in [1.807, 2.05) is 4.72 Å². The minimum absolute atomic E-state index is 0.0473. The zero-order valence-corrected chi connectivity index (χ0v) is 9.24. The summed E-state index contributed by atoms with van der Waals surface area (Å²) in [5.41, 5.74) is 0.138. The fourth-order valence-corrected chi connectivity index (χ4v) is 1.64. The molecule has 1 aromatic carbocycles. The molecule has 1 rings (SSSR count). The van der Waals surface area contributed by atoms with Crippen molar-refractivity contribution < 1.29 is 17.9 Å². The Bertz CT molecular complexity index is 450. The summed E-state index contributed by atoms with van der Waals surface area (Å²) in [4.78, 5) is 0. The Labute approximate surface area is 93.3 Å². The van der Waals surface area contributed by atoms with Gasteiger partial charge in [0.1, 0.15) is 5.82 Å². The number of aliphatic hydroxyl groups excluding tert-OH is 1. The number of hydrogen-bond donors (Lipinski definition) is 3. The molecule has 1 atom stereocenters. The van der Waals surface area contributed by atoms with Crippen LogP contribution in [0.5, 0.6) is 0 Å². The van der Waals surface area contributed by atoms with Gasteiger partial charge in [-0.05, 0) is 12.5 Å². The minimum atomic E-state index is -3.77. The summed E-state index contributed by atoms with van der Waals surface area (Å²) in [6.45, 7) is -0.0473. The lowest BCUT2D eigenvalue weighted by atomic mass is 10.1. The van der Waals surface area contributed by atoms with E-state index in [1.165, 1.54) is 18.2 Å². The Morgan fingerprint density at radius 3 is 2.62 bits per heavy atom. The highest BCUT2D eigenvalue weighted by atomic mass is 32.2. The maximum atomic E-state index is 13.2. The molecule has 0 aromatic heterocycles. The van der Waals surface area contributed by atoms with E-state index in [1.54, 1.807) is 6.07 Å². The quantitative estimate of drug-likeness (QED) is 0.687. The third-order valence-corrected chi connectivity index (χ3v) is 2.59. The summed E-state index contributed by atoms with van der Waals surface area (Å²) in [5, 5.41) is 14.3. The van der Waals surface area contributed by atoms with Crippen LogP contribution in [0.1, 0.15) is 18.1 Å². The van der Waals surface area contributed by atoms with Crippen LogP contribution in [-0.4, -0.2) is 20.1 Å². The highest BCUT2D eigenvalue weighted by Gasteiger charge is 2.12. The molecule has 0 aliphatic rings. The molecule has 0 aliphatic heterocycles. The van der Waals surface area contributed by atoms with Gasteiger partial charge in [-0.2, -0.15) is 8.42 Å². The normalized spacial score (nSPS) is 13.7. The minimum Gasteiger partial charge on any atom is -0.388 e. The maximum Gasteiger partial charge on any atom is 0.274 e. The number of rotatable bonds is 5. The third kappa shape index (κ3) is 4.23. The van der Waals surface area contributed by atoms with Gasteiger partial charge in [-0.3, -0.25) is 0 Å².